The summed E-state index contributed by atoms with van der Waals surface area (Å²) in [5.74, 6) is 2.40. The molecular formula is C9H13N3O2S. The van der Waals surface area contributed by atoms with Crippen LogP contribution in [0.4, 0.5) is 0 Å². The monoisotopic (exact) mass is 227 g/mol. The van der Waals surface area contributed by atoms with Crippen LogP contribution in [0.5, 0.6) is 0 Å². The molecule has 1 unspecified atom stereocenters. The lowest BCUT2D eigenvalue weighted by Gasteiger charge is -2.10. The predicted octanol–water partition coefficient (Wildman–Crippen LogP) is 0.490. The zero-order valence-electron chi connectivity index (χ0n) is 8.40. The molecule has 5 nitrogen and oxygen atoms in total. The fraction of sp³-hybridized carbons (Fsp3) is 0.444. The van der Waals surface area contributed by atoms with Crippen LogP contribution < -0.4 is 4.72 Å². The van der Waals surface area contributed by atoms with E-state index in [9.17, 15) is 8.42 Å². The highest BCUT2D eigenvalue weighted by molar-refractivity contribution is 7.89. The Kier molecular flexibility index (Phi) is 3.88. The number of aromatic nitrogens is 2. The third kappa shape index (κ3) is 3.08. The van der Waals surface area contributed by atoms with Gasteiger partial charge in [0.1, 0.15) is 0 Å². The second-order valence-electron chi connectivity index (χ2n) is 3.05. The van der Waals surface area contributed by atoms with Gasteiger partial charge in [0.25, 0.3) is 10.0 Å². The van der Waals surface area contributed by atoms with Crippen LogP contribution in [-0.4, -0.2) is 24.4 Å². The van der Waals surface area contributed by atoms with Gasteiger partial charge in [0.15, 0.2) is 5.03 Å². The summed E-state index contributed by atoms with van der Waals surface area (Å²) in [5.41, 5.74) is 0. The molecule has 0 aliphatic carbocycles. The van der Waals surface area contributed by atoms with Crippen molar-refractivity contribution < 1.29 is 8.42 Å². The lowest BCUT2D eigenvalue weighted by molar-refractivity contribution is 0.561. The van der Waals surface area contributed by atoms with E-state index in [0.717, 1.165) is 6.42 Å². The van der Waals surface area contributed by atoms with Gasteiger partial charge in [-0.25, -0.2) is 13.4 Å². The van der Waals surface area contributed by atoms with E-state index < -0.39 is 16.1 Å². The van der Waals surface area contributed by atoms with E-state index >= 15 is 0 Å². The smallest absolute Gasteiger partial charge is 0.258 e. The summed E-state index contributed by atoms with van der Waals surface area (Å²) in [4.78, 5) is 6.16. The highest BCUT2D eigenvalue weighted by atomic mass is 32.2. The van der Waals surface area contributed by atoms with Crippen LogP contribution in [0.2, 0.25) is 0 Å². The minimum absolute atomic E-state index is 0.0267. The van der Waals surface area contributed by atoms with Gasteiger partial charge in [-0.05, 0) is 6.42 Å². The molecule has 1 atom stereocenters. The number of nitrogens with zero attached hydrogens (tertiary/aromatic N) is 1. The first-order valence-corrected chi connectivity index (χ1v) is 6.05. The summed E-state index contributed by atoms with van der Waals surface area (Å²) in [7, 11) is -3.56. The Morgan fingerprint density at radius 3 is 2.93 bits per heavy atom. The van der Waals surface area contributed by atoms with E-state index in [-0.39, 0.29) is 5.03 Å². The van der Waals surface area contributed by atoms with Gasteiger partial charge in [-0.3, -0.25) is 0 Å². The molecule has 0 saturated heterocycles. The molecule has 6 heteroatoms. The van der Waals surface area contributed by atoms with Crippen molar-refractivity contribution >= 4 is 10.0 Å². The lowest BCUT2D eigenvalue weighted by Crippen LogP contribution is -2.33. The summed E-state index contributed by atoms with van der Waals surface area (Å²) < 4.78 is 25.7. The Morgan fingerprint density at radius 2 is 2.47 bits per heavy atom. The minimum Gasteiger partial charge on any atom is -0.335 e. The maximum atomic E-state index is 11.7. The fourth-order valence-corrected chi connectivity index (χ4v) is 2.20. The van der Waals surface area contributed by atoms with E-state index in [4.69, 9.17) is 6.42 Å². The third-order valence-corrected chi connectivity index (χ3v) is 3.24. The quantitative estimate of drug-likeness (QED) is 0.719. The Labute approximate surface area is 89.4 Å². The van der Waals surface area contributed by atoms with Gasteiger partial charge < -0.3 is 4.98 Å². The van der Waals surface area contributed by atoms with Crippen molar-refractivity contribution in [1.29, 1.82) is 0 Å². The Balaban J connectivity index is 2.77. The van der Waals surface area contributed by atoms with Crippen LogP contribution >= 0.6 is 0 Å². The average Bonchev–Trinajstić information content (AvgIpc) is 2.70. The molecule has 1 aromatic heterocycles. The third-order valence-electron chi connectivity index (χ3n) is 1.84. The van der Waals surface area contributed by atoms with E-state index in [2.05, 4.69) is 20.6 Å². The molecule has 0 spiro atoms. The second-order valence-corrected chi connectivity index (χ2v) is 4.73. The first kappa shape index (κ1) is 11.8. The van der Waals surface area contributed by atoms with Crippen molar-refractivity contribution in [2.24, 2.45) is 0 Å². The van der Waals surface area contributed by atoms with Crippen LogP contribution in [0.15, 0.2) is 17.6 Å². The summed E-state index contributed by atoms with van der Waals surface area (Å²) in [6, 6.07) is -0.469. The molecule has 2 N–H and O–H groups in total. The minimum atomic E-state index is -3.56. The maximum absolute atomic E-state index is 11.7. The molecule has 82 valence electrons. The normalized spacial score (nSPS) is 13.3. The first-order valence-electron chi connectivity index (χ1n) is 4.57. The fourth-order valence-electron chi connectivity index (χ4n) is 1.11. The highest BCUT2D eigenvalue weighted by Gasteiger charge is 2.19. The van der Waals surface area contributed by atoms with Crippen molar-refractivity contribution in [3.05, 3.63) is 12.5 Å². The Bertz CT molecular complexity index is 430. The zero-order chi connectivity index (χ0) is 11.3. The highest BCUT2D eigenvalue weighted by Crippen LogP contribution is 2.05. The van der Waals surface area contributed by atoms with Crippen molar-refractivity contribution in [3.8, 4) is 12.3 Å². The zero-order valence-corrected chi connectivity index (χ0v) is 9.21. The van der Waals surface area contributed by atoms with Crippen LogP contribution in [0.1, 0.15) is 19.8 Å². The largest absolute Gasteiger partial charge is 0.335 e. The number of hydrogen-bond donors (Lipinski definition) is 2. The van der Waals surface area contributed by atoms with Crippen molar-refractivity contribution in [3.63, 3.8) is 0 Å². The van der Waals surface area contributed by atoms with E-state index in [0.29, 0.717) is 6.42 Å². The van der Waals surface area contributed by atoms with E-state index in [1.165, 1.54) is 12.5 Å². The number of hydrogen-bond acceptors (Lipinski definition) is 3. The van der Waals surface area contributed by atoms with Gasteiger partial charge in [0.2, 0.25) is 0 Å². The van der Waals surface area contributed by atoms with Gasteiger partial charge in [-0.1, -0.05) is 19.3 Å². The average molecular weight is 227 g/mol. The van der Waals surface area contributed by atoms with Gasteiger partial charge in [0, 0.05) is 0 Å². The van der Waals surface area contributed by atoms with E-state index in [1.54, 1.807) is 0 Å². The van der Waals surface area contributed by atoms with Gasteiger partial charge in [-0.15, -0.1) is 6.42 Å². The molecule has 0 amide bonds. The van der Waals surface area contributed by atoms with Gasteiger partial charge in [-0.2, -0.15) is 4.72 Å². The Morgan fingerprint density at radius 1 is 1.73 bits per heavy atom. The van der Waals surface area contributed by atoms with Crippen LogP contribution in [0.3, 0.4) is 0 Å². The number of sulfonamides is 1. The lowest BCUT2D eigenvalue weighted by atomic mass is 10.2. The Hall–Kier alpha value is -1.32. The van der Waals surface area contributed by atoms with Gasteiger partial charge in [0.05, 0.1) is 18.6 Å². The number of nitrogens with one attached hydrogen (secondary N) is 2. The molecule has 0 radical (unpaired) electrons. The molecule has 0 aliphatic rings. The molecule has 0 saturated carbocycles. The first-order chi connectivity index (χ1) is 7.10. The topological polar surface area (TPSA) is 74.8 Å². The van der Waals surface area contributed by atoms with Crippen LogP contribution in [0.25, 0.3) is 0 Å². The maximum Gasteiger partial charge on any atom is 0.258 e. The molecule has 15 heavy (non-hydrogen) atoms. The van der Waals surface area contributed by atoms with Crippen molar-refractivity contribution in [2.45, 2.75) is 30.8 Å². The number of rotatable bonds is 5. The molecule has 0 aliphatic heterocycles. The SMILES string of the molecule is C#CC(CCC)NS(=O)(=O)c1cnc[nH]1. The molecule has 1 aromatic rings. The molecule has 0 aromatic carbocycles. The van der Waals surface area contributed by atoms with Crippen LogP contribution in [-0.2, 0) is 10.0 Å². The second kappa shape index (κ2) is 4.96. The standard InChI is InChI=1S/C9H13N3O2S/c1-3-5-8(4-2)12-15(13,14)9-6-10-7-11-9/h2,6-8,12H,3,5H2,1H3,(H,10,11). The molecule has 1 rings (SSSR count). The predicted molar refractivity (Wildman–Crippen MR) is 56.4 cm³/mol. The van der Waals surface area contributed by atoms with Gasteiger partial charge >= 0.3 is 0 Å². The number of imidazole rings is 1. The van der Waals surface area contributed by atoms with Crippen LogP contribution in [0, 0.1) is 12.3 Å². The summed E-state index contributed by atoms with van der Waals surface area (Å²) in [6.07, 6.45) is 9.19. The van der Waals surface area contributed by atoms with Crippen molar-refractivity contribution in [2.75, 3.05) is 0 Å². The number of H-pyrrole nitrogens is 1. The molecular weight excluding hydrogens is 214 g/mol. The van der Waals surface area contributed by atoms with Crippen molar-refractivity contribution in [1.82, 2.24) is 14.7 Å². The summed E-state index contributed by atoms with van der Waals surface area (Å²) in [5, 5.41) is 0.0267. The van der Waals surface area contributed by atoms with E-state index in [1.807, 2.05) is 6.92 Å². The molecule has 0 fully saturated rings. The number of terminal acetylenes is 1. The molecule has 1 heterocycles. The summed E-state index contributed by atoms with van der Waals surface area (Å²) >= 11 is 0. The number of aromatic amines is 1. The summed E-state index contributed by atoms with van der Waals surface area (Å²) in [6.45, 7) is 1.94. The molecule has 0 bridgehead atoms.